The molecular formula is C14H24N4O2. The molecule has 1 amide bonds. The molecule has 0 radical (unpaired) electrons. The molecule has 0 aliphatic carbocycles. The van der Waals surface area contributed by atoms with E-state index in [1.54, 1.807) is 17.2 Å². The molecule has 1 fully saturated rings. The summed E-state index contributed by atoms with van der Waals surface area (Å²) in [4.78, 5) is 13.7. The number of carbonyl (C=O) groups is 1. The Morgan fingerprint density at radius 2 is 2.10 bits per heavy atom. The summed E-state index contributed by atoms with van der Waals surface area (Å²) in [7, 11) is 0. The Morgan fingerprint density at radius 1 is 1.45 bits per heavy atom. The number of hydrogen-bond acceptors (Lipinski definition) is 4. The summed E-state index contributed by atoms with van der Waals surface area (Å²) in [6.45, 7) is 7.96. The summed E-state index contributed by atoms with van der Waals surface area (Å²) in [5.41, 5.74) is 5.39. The van der Waals surface area contributed by atoms with Gasteiger partial charge in [0, 0.05) is 19.6 Å². The third-order valence-corrected chi connectivity index (χ3v) is 3.45. The number of nitrogen functional groups attached to an aromatic ring is 1. The number of carbonyl (C=O) groups excluding carboxylic acids is 1. The molecule has 0 spiro atoms. The van der Waals surface area contributed by atoms with Gasteiger partial charge in [-0.15, -0.1) is 0 Å². The topological polar surface area (TPSA) is 73.4 Å². The summed E-state index contributed by atoms with van der Waals surface area (Å²) in [5, 5.41) is 4.20. The van der Waals surface area contributed by atoms with Crippen LogP contribution >= 0.6 is 0 Å². The van der Waals surface area contributed by atoms with Gasteiger partial charge in [-0.25, -0.2) is 9.48 Å². The largest absolute Gasteiger partial charge is 0.444 e. The molecule has 2 rings (SSSR count). The highest BCUT2D eigenvalue weighted by Crippen LogP contribution is 2.21. The predicted molar refractivity (Wildman–Crippen MR) is 77.2 cm³/mol. The Kier molecular flexibility index (Phi) is 4.20. The molecule has 2 heterocycles. The molecule has 6 heteroatoms. The molecule has 0 unspecified atom stereocenters. The molecule has 1 aromatic rings. The van der Waals surface area contributed by atoms with Crippen LogP contribution < -0.4 is 5.73 Å². The maximum Gasteiger partial charge on any atom is 0.410 e. The first-order valence-electron chi connectivity index (χ1n) is 7.10. The Balaban J connectivity index is 1.81. The summed E-state index contributed by atoms with van der Waals surface area (Å²) >= 11 is 0. The third-order valence-electron chi connectivity index (χ3n) is 3.45. The second-order valence-electron chi connectivity index (χ2n) is 6.35. The minimum absolute atomic E-state index is 0.213. The molecule has 0 aromatic carbocycles. The van der Waals surface area contributed by atoms with Crippen molar-refractivity contribution in [2.24, 2.45) is 5.92 Å². The molecule has 0 saturated carbocycles. The number of amides is 1. The lowest BCUT2D eigenvalue weighted by molar-refractivity contribution is 0.0177. The van der Waals surface area contributed by atoms with E-state index in [1.165, 1.54) is 0 Å². The molecular weight excluding hydrogens is 256 g/mol. The molecule has 1 aliphatic rings. The van der Waals surface area contributed by atoms with Crippen molar-refractivity contribution >= 4 is 11.9 Å². The van der Waals surface area contributed by atoms with Crippen molar-refractivity contribution in [3.63, 3.8) is 0 Å². The number of piperidine rings is 1. The quantitative estimate of drug-likeness (QED) is 0.900. The molecule has 2 N–H and O–H groups in total. The van der Waals surface area contributed by atoms with Gasteiger partial charge >= 0.3 is 6.09 Å². The number of nitrogens with zero attached hydrogens (tertiary/aromatic N) is 3. The first-order chi connectivity index (χ1) is 9.35. The van der Waals surface area contributed by atoms with Crippen LogP contribution in [0.1, 0.15) is 33.6 Å². The number of ether oxygens (including phenoxy) is 1. The first-order valence-corrected chi connectivity index (χ1v) is 7.10. The molecule has 6 nitrogen and oxygen atoms in total. The second kappa shape index (κ2) is 5.73. The van der Waals surface area contributed by atoms with Gasteiger partial charge in [-0.05, 0) is 45.6 Å². The first kappa shape index (κ1) is 14.7. The van der Waals surface area contributed by atoms with Crippen LogP contribution in [0.3, 0.4) is 0 Å². The van der Waals surface area contributed by atoms with E-state index in [9.17, 15) is 4.79 Å². The van der Waals surface area contributed by atoms with E-state index in [0.717, 1.165) is 32.5 Å². The zero-order chi connectivity index (χ0) is 14.8. The molecule has 0 atom stereocenters. The second-order valence-corrected chi connectivity index (χ2v) is 6.35. The highest BCUT2D eigenvalue weighted by molar-refractivity contribution is 5.68. The standard InChI is InChI=1S/C14H24N4O2/c1-14(2,3)20-13(19)17-8-5-11(6-9-17)10-18-12(15)4-7-16-18/h4,7,11H,5-6,8-10,15H2,1-3H3. The van der Waals surface area contributed by atoms with Crippen LogP contribution in [0.15, 0.2) is 12.3 Å². The van der Waals surface area contributed by atoms with Gasteiger partial charge < -0.3 is 15.4 Å². The molecule has 1 aromatic heterocycles. The SMILES string of the molecule is CC(C)(C)OC(=O)N1CCC(Cn2nccc2N)CC1. The average Bonchev–Trinajstić information content (AvgIpc) is 2.74. The fraction of sp³-hybridized carbons (Fsp3) is 0.714. The number of likely N-dealkylation sites (tertiary alicyclic amines) is 1. The summed E-state index contributed by atoms with van der Waals surface area (Å²) in [6.07, 6.45) is 3.41. The van der Waals surface area contributed by atoms with Gasteiger partial charge in [0.15, 0.2) is 0 Å². The van der Waals surface area contributed by atoms with Crippen LogP contribution in [0.25, 0.3) is 0 Å². The molecule has 0 bridgehead atoms. The van der Waals surface area contributed by atoms with Crippen molar-refractivity contribution in [2.45, 2.75) is 45.8 Å². The van der Waals surface area contributed by atoms with Gasteiger partial charge in [0.2, 0.25) is 0 Å². The van der Waals surface area contributed by atoms with Crippen LogP contribution in [0.2, 0.25) is 0 Å². The van der Waals surface area contributed by atoms with Crippen molar-refractivity contribution in [2.75, 3.05) is 18.8 Å². The van der Waals surface area contributed by atoms with Crippen molar-refractivity contribution in [1.82, 2.24) is 14.7 Å². The maximum absolute atomic E-state index is 12.0. The number of aromatic nitrogens is 2. The van der Waals surface area contributed by atoms with E-state index in [-0.39, 0.29) is 6.09 Å². The lowest BCUT2D eigenvalue weighted by Gasteiger charge is -2.33. The van der Waals surface area contributed by atoms with Crippen LogP contribution in [-0.2, 0) is 11.3 Å². The van der Waals surface area contributed by atoms with Gasteiger partial charge in [-0.3, -0.25) is 0 Å². The van der Waals surface area contributed by atoms with Crippen molar-refractivity contribution in [1.29, 1.82) is 0 Å². The number of rotatable bonds is 2. The molecule has 20 heavy (non-hydrogen) atoms. The van der Waals surface area contributed by atoms with Gasteiger partial charge in [0.05, 0.1) is 6.20 Å². The third kappa shape index (κ3) is 3.88. The zero-order valence-electron chi connectivity index (χ0n) is 12.5. The van der Waals surface area contributed by atoms with Crippen molar-refractivity contribution < 1.29 is 9.53 Å². The Labute approximate surface area is 119 Å². The highest BCUT2D eigenvalue weighted by atomic mass is 16.6. The fourth-order valence-corrected chi connectivity index (χ4v) is 2.36. The van der Waals surface area contributed by atoms with E-state index in [0.29, 0.717) is 11.7 Å². The van der Waals surface area contributed by atoms with Gasteiger partial charge in [0.1, 0.15) is 11.4 Å². The van der Waals surface area contributed by atoms with Gasteiger partial charge in [-0.2, -0.15) is 5.10 Å². The zero-order valence-corrected chi connectivity index (χ0v) is 12.5. The Bertz CT molecular complexity index is 456. The van der Waals surface area contributed by atoms with E-state index in [4.69, 9.17) is 10.5 Å². The maximum atomic E-state index is 12.0. The van der Waals surface area contributed by atoms with Crippen LogP contribution in [0.5, 0.6) is 0 Å². The normalized spacial score (nSPS) is 17.2. The number of nitrogens with two attached hydrogens (primary N) is 1. The van der Waals surface area contributed by atoms with E-state index >= 15 is 0 Å². The van der Waals surface area contributed by atoms with Gasteiger partial charge in [0.25, 0.3) is 0 Å². The predicted octanol–water partition coefficient (Wildman–Crippen LogP) is 2.11. The summed E-state index contributed by atoms with van der Waals surface area (Å²) in [6, 6.07) is 1.80. The number of anilines is 1. The smallest absolute Gasteiger partial charge is 0.410 e. The summed E-state index contributed by atoms with van der Waals surface area (Å²) < 4.78 is 7.21. The van der Waals surface area contributed by atoms with Gasteiger partial charge in [-0.1, -0.05) is 0 Å². The fourth-order valence-electron chi connectivity index (χ4n) is 2.36. The number of hydrogen-bond donors (Lipinski definition) is 1. The highest BCUT2D eigenvalue weighted by Gasteiger charge is 2.27. The van der Waals surface area contributed by atoms with Crippen molar-refractivity contribution in [3.8, 4) is 0 Å². The Hall–Kier alpha value is -1.72. The van der Waals surface area contributed by atoms with Crippen LogP contribution in [0.4, 0.5) is 10.6 Å². The Morgan fingerprint density at radius 3 is 2.60 bits per heavy atom. The lowest BCUT2D eigenvalue weighted by atomic mass is 9.97. The summed E-state index contributed by atoms with van der Waals surface area (Å²) in [5.74, 6) is 1.20. The minimum Gasteiger partial charge on any atom is -0.444 e. The van der Waals surface area contributed by atoms with Crippen LogP contribution in [0, 0.1) is 5.92 Å². The molecule has 1 aliphatic heterocycles. The van der Waals surface area contributed by atoms with E-state index in [2.05, 4.69) is 5.10 Å². The minimum atomic E-state index is -0.433. The van der Waals surface area contributed by atoms with Crippen LogP contribution in [-0.4, -0.2) is 39.5 Å². The average molecular weight is 280 g/mol. The van der Waals surface area contributed by atoms with E-state index < -0.39 is 5.60 Å². The van der Waals surface area contributed by atoms with Crippen molar-refractivity contribution in [3.05, 3.63) is 12.3 Å². The van der Waals surface area contributed by atoms with E-state index in [1.807, 2.05) is 25.5 Å². The molecule has 1 saturated heterocycles. The monoisotopic (exact) mass is 280 g/mol. The molecule has 112 valence electrons. The lowest BCUT2D eigenvalue weighted by Crippen LogP contribution is -2.42.